The summed E-state index contributed by atoms with van der Waals surface area (Å²) in [5.74, 6) is 0.172. The number of esters is 1. The van der Waals surface area contributed by atoms with E-state index in [1.165, 1.54) is 0 Å². The number of ether oxygens (including phenoxy) is 1. The summed E-state index contributed by atoms with van der Waals surface area (Å²) in [6, 6.07) is 3.65. The lowest BCUT2D eigenvalue weighted by Gasteiger charge is -2.08. The fraction of sp³-hybridized carbons (Fsp3) is 0.273. The van der Waals surface area contributed by atoms with Crippen LogP contribution in [0.4, 0.5) is 0 Å². The van der Waals surface area contributed by atoms with E-state index in [-0.39, 0.29) is 5.97 Å². The summed E-state index contributed by atoms with van der Waals surface area (Å²) in [7, 11) is 0. The van der Waals surface area contributed by atoms with Crippen LogP contribution in [0, 0.1) is 6.42 Å². The molecule has 1 aromatic carbocycles. The highest BCUT2D eigenvalue weighted by Crippen LogP contribution is 2.36. The molecule has 0 N–H and O–H groups in total. The molecule has 0 saturated heterocycles. The summed E-state index contributed by atoms with van der Waals surface area (Å²) in [4.78, 5) is 11.4. The van der Waals surface area contributed by atoms with Crippen LogP contribution >= 0.6 is 47.8 Å². The molecule has 1 aromatic rings. The number of unbranched alkanes of at least 4 members (excludes halogenated alkanes) is 1. The van der Waals surface area contributed by atoms with Gasteiger partial charge in [-0.25, -0.2) is 0 Å². The Morgan fingerprint density at radius 2 is 1.88 bits per heavy atom. The molecule has 0 saturated carbocycles. The van der Waals surface area contributed by atoms with Crippen molar-refractivity contribution in [3.05, 3.63) is 32.0 Å². The highest BCUT2D eigenvalue weighted by Gasteiger charge is 2.12. The number of halogens is 3. The number of carbonyl (C=O) groups excluding carboxylic acids is 1. The molecule has 0 aromatic heterocycles. The van der Waals surface area contributed by atoms with Crippen LogP contribution in [0.1, 0.15) is 19.8 Å². The molecule has 1 radical (unpaired) electrons. The van der Waals surface area contributed by atoms with E-state index >= 15 is 0 Å². The van der Waals surface area contributed by atoms with E-state index in [1.807, 2.05) is 19.1 Å². The highest BCUT2D eigenvalue weighted by molar-refractivity contribution is 9.11. The highest BCUT2D eigenvalue weighted by atomic mass is 79.9. The van der Waals surface area contributed by atoms with E-state index in [2.05, 4.69) is 47.8 Å². The van der Waals surface area contributed by atoms with Crippen LogP contribution in [0.15, 0.2) is 25.6 Å². The number of carbonyl (C=O) groups is 1. The standard InChI is InChI=1S/C11H10Br3O2/c1-2-3-4-10(15)16-11-8(13)5-7(12)6-9(11)14/h4-6H,2-3H2,1H3. The minimum absolute atomic E-state index is 0.328. The normalized spacial score (nSPS) is 10.2. The summed E-state index contributed by atoms with van der Waals surface area (Å²) in [5.41, 5.74) is 0. The second kappa shape index (κ2) is 6.77. The third kappa shape index (κ3) is 4.18. The SMILES string of the molecule is CCC[CH]C(=O)Oc1c(Br)cc(Br)cc1Br. The zero-order valence-electron chi connectivity index (χ0n) is 8.60. The maximum absolute atomic E-state index is 11.4. The van der Waals surface area contributed by atoms with Crippen LogP contribution in [-0.4, -0.2) is 5.97 Å². The zero-order chi connectivity index (χ0) is 12.1. The van der Waals surface area contributed by atoms with Crippen molar-refractivity contribution in [2.24, 2.45) is 0 Å². The smallest absolute Gasteiger partial charge is 0.315 e. The van der Waals surface area contributed by atoms with Gasteiger partial charge in [0, 0.05) is 4.47 Å². The van der Waals surface area contributed by atoms with Crippen LogP contribution in [-0.2, 0) is 4.79 Å². The molecular weight excluding hydrogens is 404 g/mol. The van der Waals surface area contributed by atoms with Crippen molar-refractivity contribution in [3.8, 4) is 5.75 Å². The van der Waals surface area contributed by atoms with Crippen molar-refractivity contribution in [3.63, 3.8) is 0 Å². The van der Waals surface area contributed by atoms with Crippen molar-refractivity contribution >= 4 is 53.8 Å². The van der Waals surface area contributed by atoms with Crippen LogP contribution in [0.2, 0.25) is 0 Å². The zero-order valence-corrected chi connectivity index (χ0v) is 13.4. The van der Waals surface area contributed by atoms with Gasteiger partial charge in [0.25, 0.3) is 0 Å². The van der Waals surface area contributed by atoms with E-state index in [9.17, 15) is 4.79 Å². The van der Waals surface area contributed by atoms with E-state index in [0.29, 0.717) is 5.75 Å². The number of hydrogen-bond acceptors (Lipinski definition) is 2. The van der Waals surface area contributed by atoms with Crippen LogP contribution in [0.5, 0.6) is 5.75 Å². The van der Waals surface area contributed by atoms with Gasteiger partial charge in [-0.15, -0.1) is 0 Å². The van der Waals surface area contributed by atoms with Crippen molar-refractivity contribution < 1.29 is 9.53 Å². The Labute approximate surface area is 120 Å². The minimum atomic E-state index is -0.328. The van der Waals surface area contributed by atoms with Gasteiger partial charge in [-0.2, -0.15) is 0 Å². The summed E-state index contributed by atoms with van der Waals surface area (Å²) < 4.78 is 7.59. The van der Waals surface area contributed by atoms with Gasteiger partial charge in [0.1, 0.15) is 0 Å². The molecule has 0 amide bonds. The third-order valence-corrected chi connectivity index (χ3v) is 3.40. The van der Waals surface area contributed by atoms with Gasteiger partial charge < -0.3 is 4.74 Å². The van der Waals surface area contributed by atoms with Gasteiger partial charge in [0.15, 0.2) is 5.75 Å². The maximum atomic E-state index is 11.4. The van der Waals surface area contributed by atoms with E-state index < -0.39 is 0 Å². The largest absolute Gasteiger partial charge is 0.424 e. The molecule has 0 aliphatic rings. The van der Waals surface area contributed by atoms with Crippen molar-refractivity contribution in [1.29, 1.82) is 0 Å². The Morgan fingerprint density at radius 3 is 2.38 bits per heavy atom. The van der Waals surface area contributed by atoms with E-state index in [4.69, 9.17) is 4.74 Å². The molecular formula is C11H10Br3O2. The quantitative estimate of drug-likeness (QED) is 0.519. The van der Waals surface area contributed by atoms with E-state index in [1.54, 1.807) is 6.42 Å². The molecule has 0 heterocycles. The Hall–Kier alpha value is 0.130. The molecule has 1 rings (SSSR count). The van der Waals surface area contributed by atoms with Gasteiger partial charge in [-0.1, -0.05) is 29.3 Å². The molecule has 16 heavy (non-hydrogen) atoms. The van der Waals surface area contributed by atoms with Gasteiger partial charge in [0.2, 0.25) is 0 Å². The first kappa shape index (κ1) is 14.2. The Bertz CT molecular complexity index is 368. The molecule has 2 nitrogen and oxygen atoms in total. The average Bonchev–Trinajstić information content (AvgIpc) is 2.20. The Morgan fingerprint density at radius 1 is 1.31 bits per heavy atom. The molecule has 0 aliphatic carbocycles. The van der Waals surface area contributed by atoms with Crippen LogP contribution in [0.3, 0.4) is 0 Å². The summed E-state index contributed by atoms with van der Waals surface area (Å²) in [6.07, 6.45) is 3.20. The molecule has 0 fully saturated rings. The predicted molar refractivity (Wildman–Crippen MR) is 74.4 cm³/mol. The monoisotopic (exact) mass is 411 g/mol. The second-order valence-corrected chi connectivity index (χ2v) is 5.74. The average molecular weight is 414 g/mol. The molecule has 0 bridgehead atoms. The van der Waals surface area contributed by atoms with Crippen LogP contribution < -0.4 is 4.74 Å². The summed E-state index contributed by atoms with van der Waals surface area (Å²) in [6.45, 7) is 2.01. The van der Waals surface area contributed by atoms with Crippen LogP contribution in [0.25, 0.3) is 0 Å². The Kier molecular flexibility index (Phi) is 6.00. The number of benzene rings is 1. The molecule has 0 aliphatic heterocycles. The van der Waals surface area contributed by atoms with Crippen molar-refractivity contribution in [1.82, 2.24) is 0 Å². The summed E-state index contributed by atoms with van der Waals surface area (Å²) in [5, 5.41) is 0. The molecule has 0 unspecified atom stereocenters. The summed E-state index contributed by atoms with van der Waals surface area (Å²) >= 11 is 10.0. The predicted octanol–water partition coefficient (Wildman–Crippen LogP) is 4.88. The van der Waals surface area contributed by atoms with Gasteiger partial charge in [0.05, 0.1) is 15.4 Å². The number of rotatable bonds is 4. The number of hydrogen-bond donors (Lipinski definition) is 0. The molecule has 87 valence electrons. The van der Waals surface area contributed by atoms with Gasteiger partial charge >= 0.3 is 5.97 Å². The van der Waals surface area contributed by atoms with E-state index in [0.717, 1.165) is 26.3 Å². The minimum Gasteiger partial charge on any atom is -0.424 e. The lowest BCUT2D eigenvalue weighted by molar-refractivity contribution is -0.130. The fourth-order valence-electron chi connectivity index (χ4n) is 1.03. The Balaban J connectivity index is 2.77. The van der Waals surface area contributed by atoms with Gasteiger partial charge in [-0.05, 0) is 50.4 Å². The first-order valence-corrected chi connectivity index (χ1v) is 7.12. The van der Waals surface area contributed by atoms with Crippen molar-refractivity contribution in [2.75, 3.05) is 0 Å². The lowest BCUT2D eigenvalue weighted by atomic mass is 10.2. The van der Waals surface area contributed by atoms with Gasteiger partial charge in [-0.3, -0.25) is 4.79 Å². The molecule has 0 spiro atoms. The maximum Gasteiger partial charge on any atom is 0.315 e. The third-order valence-electron chi connectivity index (χ3n) is 1.77. The lowest BCUT2D eigenvalue weighted by Crippen LogP contribution is -2.09. The van der Waals surface area contributed by atoms with Crippen molar-refractivity contribution in [2.45, 2.75) is 19.8 Å². The fourth-order valence-corrected chi connectivity index (χ4v) is 3.45. The first-order chi connectivity index (χ1) is 7.54. The molecule has 5 heteroatoms. The molecule has 0 atom stereocenters. The second-order valence-electron chi connectivity index (χ2n) is 3.11. The topological polar surface area (TPSA) is 26.3 Å². The first-order valence-electron chi connectivity index (χ1n) is 4.74.